The standard InChI is InChI=1S/C26H33ClF3N3O3S/c1-16(18-6-7-22(28)21(27)12-18)33-10-8-26(30,9-11-33)15-36-24-14-23(29)20(13-19(24)17-4-5-17)25(34)31-32(2)37-35-3/h6-7,12,14,16-17,20H,4-5,8-11,13,15H2,1-3H3,(H,31,34). The van der Waals surface area contributed by atoms with Crippen molar-refractivity contribution in [3.63, 3.8) is 0 Å². The minimum absolute atomic E-state index is 0.0347. The number of carbonyl (C=O) groups excluding carboxylic acids is 1. The number of hydrogen-bond donors (Lipinski definition) is 1. The van der Waals surface area contributed by atoms with E-state index in [0.29, 0.717) is 18.8 Å². The summed E-state index contributed by atoms with van der Waals surface area (Å²) in [6, 6.07) is 4.62. The topological polar surface area (TPSA) is 54.0 Å². The molecule has 1 saturated heterocycles. The molecule has 0 spiro atoms. The number of piperidine rings is 1. The third-order valence-electron chi connectivity index (χ3n) is 7.34. The molecule has 2 unspecified atom stereocenters. The summed E-state index contributed by atoms with van der Waals surface area (Å²) in [6.45, 7) is 2.83. The zero-order valence-electron chi connectivity index (χ0n) is 21.2. The molecule has 204 valence electrons. The van der Waals surface area contributed by atoms with Crippen LogP contribution in [0.3, 0.4) is 0 Å². The van der Waals surface area contributed by atoms with Crippen molar-refractivity contribution in [3.05, 3.63) is 57.8 Å². The average molecular weight is 560 g/mol. The highest BCUT2D eigenvalue weighted by Crippen LogP contribution is 2.45. The summed E-state index contributed by atoms with van der Waals surface area (Å²) in [5.41, 5.74) is 2.81. The normalized spacial score (nSPS) is 23.1. The van der Waals surface area contributed by atoms with Gasteiger partial charge >= 0.3 is 0 Å². The first-order chi connectivity index (χ1) is 17.6. The lowest BCUT2D eigenvalue weighted by molar-refractivity contribution is -0.127. The number of carbonyl (C=O) groups is 1. The van der Waals surface area contributed by atoms with Crippen molar-refractivity contribution in [1.82, 2.24) is 14.7 Å². The van der Waals surface area contributed by atoms with Crippen molar-refractivity contribution in [2.75, 3.05) is 33.9 Å². The maximum atomic E-state index is 15.7. The fraction of sp³-hybridized carbons (Fsp3) is 0.577. The fourth-order valence-corrected chi connectivity index (χ4v) is 5.44. The van der Waals surface area contributed by atoms with Crippen LogP contribution in [0.2, 0.25) is 5.02 Å². The van der Waals surface area contributed by atoms with Gasteiger partial charge in [0, 0.05) is 32.3 Å². The Hall–Kier alpha value is -1.72. The first kappa shape index (κ1) is 28.3. The maximum absolute atomic E-state index is 15.7. The summed E-state index contributed by atoms with van der Waals surface area (Å²) in [4.78, 5) is 14.7. The first-order valence-corrected chi connectivity index (χ1v) is 13.5. The summed E-state index contributed by atoms with van der Waals surface area (Å²) in [6.07, 6.45) is 3.89. The second kappa shape index (κ2) is 12.0. The van der Waals surface area contributed by atoms with Gasteiger partial charge < -0.3 is 8.92 Å². The number of rotatable bonds is 10. The minimum Gasteiger partial charge on any atom is -0.490 e. The van der Waals surface area contributed by atoms with Gasteiger partial charge in [-0.25, -0.2) is 13.2 Å². The highest BCUT2D eigenvalue weighted by molar-refractivity contribution is 7.92. The van der Waals surface area contributed by atoms with E-state index in [1.54, 1.807) is 19.2 Å². The number of benzene rings is 1. The van der Waals surface area contributed by atoms with Crippen molar-refractivity contribution in [3.8, 4) is 0 Å². The Morgan fingerprint density at radius 3 is 2.65 bits per heavy atom. The Bertz CT molecular complexity index is 1060. The van der Waals surface area contributed by atoms with Crippen LogP contribution in [0.4, 0.5) is 13.2 Å². The Kier molecular flexibility index (Phi) is 9.17. The highest BCUT2D eigenvalue weighted by Gasteiger charge is 2.40. The van der Waals surface area contributed by atoms with E-state index in [1.165, 1.54) is 23.7 Å². The molecule has 11 heteroatoms. The first-order valence-electron chi connectivity index (χ1n) is 12.5. The number of halogens is 4. The van der Waals surface area contributed by atoms with Crippen molar-refractivity contribution in [1.29, 1.82) is 0 Å². The van der Waals surface area contributed by atoms with E-state index in [4.69, 9.17) is 20.5 Å². The van der Waals surface area contributed by atoms with E-state index >= 15 is 4.39 Å². The Morgan fingerprint density at radius 1 is 1.32 bits per heavy atom. The van der Waals surface area contributed by atoms with Crippen molar-refractivity contribution in [2.24, 2.45) is 11.8 Å². The minimum atomic E-state index is -1.54. The molecule has 1 heterocycles. The molecule has 2 atom stereocenters. The van der Waals surface area contributed by atoms with Gasteiger partial charge in [0.2, 0.25) is 5.91 Å². The molecule has 2 fully saturated rings. The number of hydrogen-bond acceptors (Lipinski definition) is 6. The lowest BCUT2D eigenvalue weighted by Crippen LogP contribution is -2.45. The van der Waals surface area contributed by atoms with Crippen molar-refractivity contribution in [2.45, 2.75) is 50.7 Å². The summed E-state index contributed by atoms with van der Waals surface area (Å²) >= 11 is 6.86. The van der Waals surface area contributed by atoms with Gasteiger partial charge in [-0.2, -0.15) is 0 Å². The Labute approximate surface area is 225 Å². The number of hydrazine groups is 1. The lowest BCUT2D eigenvalue weighted by Gasteiger charge is -2.39. The summed E-state index contributed by atoms with van der Waals surface area (Å²) in [5.74, 6) is -1.88. The van der Waals surface area contributed by atoms with Crippen LogP contribution in [0.1, 0.15) is 50.6 Å². The van der Waals surface area contributed by atoms with Crippen molar-refractivity contribution >= 4 is 29.7 Å². The van der Waals surface area contributed by atoms with E-state index in [0.717, 1.165) is 36.2 Å². The van der Waals surface area contributed by atoms with Crippen LogP contribution in [0.25, 0.3) is 0 Å². The zero-order valence-corrected chi connectivity index (χ0v) is 22.8. The van der Waals surface area contributed by atoms with E-state index in [2.05, 4.69) is 10.3 Å². The molecule has 6 nitrogen and oxygen atoms in total. The number of alkyl halides is 1. The summed E-state index contributed by atoms with van der Waals surface area (Å²) in [7, 11) is 3.07. The average Bonchev–Trinajstić information content (AvgIpc) is 3.70. The van der Waals surface area contributed by atoms with Gasteiger partial charge in [0.25, 0.3) is 0 Å². The molecule has 1 aromatic rings. The van der Waals surface area contributed by atoms with E-state index in [9.17, 15) is 13.6 Å². The number of nitrogens with zero attached hydrogens (tertiary/aromatic N) is 2. The van der Waals surface area contributed by atoms with E-state index in [-0.39, 0.29) is 42.9 Å². The zero-order chi connectivity index (χ0) is 26.7. The number of amides is 1. The molecule has 37 heavy (non-hydrogen) atoms. The van der Waals surface area contributed by atoms with Gasteiger partial charge in [0.1, 0.15) is 41.9 Å². The molecule has 4 rings (SSSR count). The molecule has 2 aliphatic carbocycles. The van der Waals surface area contributed by atoms with Gasteiger partial charge in [0.15, 0.2) is 0 Å². The second-order valence-electron chi connectivity index (χ2n) is 9.99. The summed E-state index contributed by atoms with van der Waals surface area (Å²) < 4.78 is 56.3. The third kappa shape index (κ3) is 7.03. The van der Waals surface area contributed by atoms with Crippen LogP contribution in [-0.4, -0.2) is 54.7 Å². The van der Waals surface area contributed by atoms with Crippen molar-refractivity contribution < 1.29 is 26.9 Å². The number of ether oxygens (including phenoxy) is 1. The molecule has 1 amide bonds. The number of nitrogens with one attached hydrogen (secondary N) is 1. The quantitative estimate of drug-likeness (QED) is 0.213. The molecule has 1 saturated carbocycles. The monoisotopic (exact) mass is 559 g/mol. The lowest BCUT2D eigenvalue weighted by atomic mass is 9.88. The maximum Gasteiger partial charge on any atom is 0.245 e. The molecule has 3 aliphatic rings. The van der Waals surface area contributed by atoms with Crippen LogP contribution in [0, 0.1) is 17.7 Å². The Balaban J connectivity index is 1.35. The summed E-state index contributed by atoms with van der Waals surface area (Å²) in [5, 5.41) is 0.0720. The van der Waals surface area contributed by atoms with Crippen LogP contribution >= 0.6 is 23.8 Å². The van der Waals surface area contributed by atoms with Crippen LogP contribution in [0.5, 0.6) is 0 Å². The van der Waals surface area contributed by atoms with Gasteiger partial charge in [-0.3, -0.25) is 15.1 Å². The van der Waals surface area contributed by atoms with Crippen LogP contribution < -0.4 is 5.43 Å². The smallest absolute Gasteiger partial charge is 0.245 e. The predicted molar refractivity (Wildman–Crippen MR) is 138 cm³/mol. The fourth-order valence-electron chi connectivity index (χ4n) is 4.90. The largest absolute Gasteiger partial charge is 0.490 e. The molecule has 1 N–H and O–H groups in total. The Morgan fingerprint density at radius 2 is 2.03 bits per heavy atom. The van der Waals surface area contributed by atoms with Gasteiger partial charge in [0.05, 0.1) is 18.1 Å². The number of allylic oxidation sites excluding steroid dienone is 2. The van der Waals surface area contributed by atoms with E-state index < -0.39 is 29.1 Å². The second-order valence-corrected chi connectivity index (χ2v) is 11.4. The molecular weight excluding hydrogens is 527 g/mol. The van der Waals surface area contributed by atoms with Crippen LogP contribution in [0.15, 0.2) is 41.4 Å². The van der Waals surface area contributed by atoms with Gasteiger partial charge in [-0.1, -0.05) is 17.7 Å². The highest BCUT2D eigenvalue weighted by atomic mass is 35.5. The molecule has 0 radical (unpaired) electrons. The molecule has 0 aromatic heterocycles. The molecule has 1 aromatic carbocycles. The van der Waals surface area contributed by atoms with E-state index in [1.807, 2.05) is 6.92 Å². The molecule has 1 aliphatic heterocycles. The molecule has 0 bridgehead atoms. The van der Waals surface area contributed by atoms with Crippen LogP contribution in [-0.2, 0) is 13.7 Å². The molecular formula is C26H33ClF3N3O3S. The third-order valence-corrected chi connectivity index (χ3v) is 8.09. The van der Waals surface area contributed by atoms with Gasteiger partial charge in [-0.05, 0) is 68.2 Å². The number of likely N-dealkylation sites (tertiary alicyclic amines) is 1. The van der Waals surface area contributed by atoms with Gasteiger partial charge in [-0.15, -0.1) is 4.41 Å². The predicted octanol–water partition coefficient (Wildman–Crippen LogP) is 6.07. The SMILES string of the molecule is COSN(C)NC(=O)C1CC(C2CC2)=C(OCC2(F)CCN(C(C)c3ccc(F)c(Cl)c3)CC2)C=C1F.